The van der Waals surface area contributed by atoms with Crippen molar-refractivity contribution in [2.75, 3.05) is 0 Å². The molecule has 7 heteroatoms. The van der Waals surface area contributed by atoms with Crippen LogP contribution in [0, 0.1) is 0 Å². The molecule has 46 heavy (non-hydrogen) atoms. The van der Waals surface area contributed by atoms with Crippen LogP contribution in [0.4, 0.5) is 0 Å². The van der Waals surface area contributed by atoms with Crippen LogP contribution in [0.15, 0.2) is 35.5 Å². The zero-order valence-electron chi connectivity index (χ0n) is 28.5. The van der Waals surface area contributed by atoms with E-state index < -0.39 is 5.60 Å². The van der Waals surface area contributed by atoms with E-state index in [1.54, 1.807) is 6.21 Å². The fraction of sp³-hybridized carbons (Fsp3) is 0.410. The molecule has 6 rings (SSSR count). The van der Waals surface area contributed by atoms with Crippen LogP contribution in [-0.2, 0) is 52.6 Å². The average Bonchev–Trinajstić information content (AvgIpc) is 3.75. The van der Waals surface area contributed by atoms with Crippen LogP contribution in [0.2, 0.25) is 0 Å². The number of allylic oxidation sites excluding steroid dienone is 4. The topological polar surface area (TPSA) is 75.6 Å². The number of oxime groups is 1. The van der Waals surface area contributed by atoms with Crippen molar-refractivity contribution in [3.8, 4) is 0 Å². The Morgan fingerprint density at radius 3 is 1.76 bits per heavy atom. The molecule has 0 saturated carbocycles. The average molecular weight is 659 g/mol. The third-order valence-electron chi connectivity index (χ3n) is 9.82. The van der Waals surface area contributed by atoms with E-state index in [1.165, 1.54) is 33.4 Å². The molecular weight excluding hydrogens is 613 g/mol. The summed E-state index contributed by atoms with van der Waals surface area (Å²) in [6.45, 7) is 17.6. The Morgan fingerprint density at radius 1 is 0.696 bits per heavy atom. The number of hydrogen-bond donors (Lipinski definition) is 0. The maximum Gasteiger partial charge on any atom is 2.00 e. The standard InChI is InChI=1S/C39H45N5O.Ni/c1-9-23-24(10-2)33-21-35-27(13-5)28(14-6)37(43-35)29-18-17-19-40-45-39(16-8)30(15-7)36(44-38(29)39)22-34-26(12-4)25(11-3)32(42-34)20-31(23)41-33;/h15,17-22H,9-14,16H2,1-8H3;/q-2;+2/b18-17-,30-15+,31-20?,32-20?,33-21?,34-22?,35-21?,36-22?,37-29?,38-29?,40-19-;. The molecule has 242 valence electrons. The summed E-state index contributed by atoms with van der Waals surface area (Å²) in [7, 11) is 0. The number of rotatable bonds is 7. The van der Waals surface area contributed by atoms with Crippen molar-refractivity contribution in [2.45, 2.75) is 106 Å². The minimum Gasteiger partial charge on any atom is -0.657 e. The van der Waals surface area contributed by atoms with Gasteiger partial charge in [0.1, 0.15) is 0 Å². The molecule has 8 bridgehead atoms. The first kappa shape index (κ1) is 33.7. The van der Waals surface area contributed by atoms with Crippen LogP contribution in [-0.4, -0.2) is 16.2 Å². The van der Waals surface area contributed by atoms with E-state index in [2.05, 4.69) is 90.9 Å². The van der Waals surface area contributed by atoms with Gasteiger partial charge in [-0.25, -0.2) is 9.97 Å². The molecular formula is C39H45N5NiO. The van der Waals surface area contributed by atoms with Gasteiger partial charge in [-0.1, -0.05) is 106 Å². The van der Waals surface area contributed by atoms with Gasteiger partial charge in [0.25, 0.3) is 0 Å². The van der Waals surface area contributed by atoms with Gasteiger partial charge in [-0.05, 0) is 74.7 Å². The van der Waals surface area contributed by atoms with Crippen LogP contribution in [0.5, 0.6) is 0 Å². The van der Waals surface area contributed by atoms with E-state index in [1.807, 2.05) is 6.08 Å². The zero-order valence-corrected chi connectivity index (χ0v) is 29.4. The van der Waals surface area contributed by atoms with Gasteiger partial charge in [-0.3, -0.25) is 0 Å². The van der Waals surface area contributed by atoms with Crippen molar-refractivity contribution in [3.63, 3.8) is 0 Å². The molecule has 3 aliphatic rings. The molecule has 0 N–H and O–H groups in total. The van der Waals surface area contributed by atoms with Gasteiger partial charge >= 0.3 is 16.5 Å². The molecule has 0 saturated heterocycles. The van der Waals surface area contributed by atoms with Gasteiger partial charge in [0.2, 0.25) is 5.60 Å². The molecule has 0 aromatic carbocycles. The third kappa shape index (κ3) is 5.12. The maximum absolute atomic E-state index is 6.45. The fourth-order valence-corrected chi connectivity index (χ4v) is 7.72. The fourth-order valence-electron chi connectivity index (χ4n) is 7.72. The molecule has 0 aliphatic carbocycles. The van der Waals surface area contributed by atoms with Crippen LogP contribution in [0.1, 0.15) is 125 Å². The van der Waals surface area contributed by atoms with Crippen LogP contribution in [0.25, 0.3) is 44.9 Å². The number of aromatic nitrogens is 4. The van der Waals surface area contributed by atoms with Crippen molar-refractivity contribution in [2.24, 2.45) is 5.16 Å². The number of fused-ring (bicyclic) bond motifs is 8. The largest absolute Gasteiger partial charge is 2.00 e. The summed E-state index contributed by atoms with van der Waals surface area (Å²) in [6, 6.07) is 6.61. The molecule has 1 atom stereocenters. The first-order chi connectivity index (χ1) is 21.9. The van der Waals surface area contributed by atoms with E-state index in [0.29, 0.717) is 6.42 Å². The van der Waals surface area contributed by atoms with E-state index in [0.717, 1.165) is 94.5 Å². The number of hydrogen-bond acceptors (Lipinski definition) is 4. The van der Waals surface area contributed by atoms with Crippen LogP contribution in [0.3, 0.4) is 0 Å². The molecule has 6 nitrogen and oxygen atoms in total. The van der Waals surface area contributed by atoms with Gasteiger partial charge in [0.05, 0.1) is 29.0 Å². The molecule has 3 aromatic heterocycles. The second-order valence-corrected chi connectivity index (χ2v) is 11.9. The van der Waals surface area contributed by atoms with E-state index >= 15 is 0 Å². The minimum atomic E-state index is -0.833. The Hall–Kier alpha value is -3.70. The first-order valence-corrected chi connectivity index (χ1v) is 16.9. The number of nitrogens with zero attached hydrogens (tertiary/aromatic N) is 5. The van der Waals surface area contributed by atoms with E-state index in [4.69, 9.17) is 24.8 Å². The Morgan fingerprint density at radius 2 is 1.24 bits per heavy atom. The van der Waals surface area contributed by atoms with E-state index in [9.17, 15) is 0 Å². The monoisotopic (exact) mass is 657 g/mol. The normalized spacial score (nSPS) is 19.4. The second kappa shape index (κ2) is 13.6. The zero-order chi connectivity index (χ0) is 31.9. The minimum absolute atomic E-state index is 0. The van der Waals surface area contributed by atoms with Gasteiger partial charge in [0, 0.05) is 5.57 Å². The smallest absolute Gasteiger partial charge is 0.657 e. The predicted molar refractivity (Wildman–Crippen MR) is 188 cm³/mol. The SMILES string of the molecule is C/C=C1\c2cc3[n-]c(cc4nc(cc5[n-]c(c6c(n2)C1(CC)O/N=C\C=C/6)c(CC)c5CC)C(CC)=C4CC)c(CC)c3CC.[Ni+2]. The predicted octanol–water partition coefficient (Wildman–Crippen LogP) is 9.29. The Balaban J connectivity index is 0.00000417. The molecule has 0 spiro atoms. The van der Waals surface area contributed by atoms with Crippen molar-refractivity contribution in [1.82, 2.24) is 19.9 Å². The first-order valence-electron chi connectivity index (χ1n) is 16.9. The van der Waals surface area contributed by atoms with Crippen LogP contribution >= 0.6 is 0 Å². The Kier molecular flexibility index (Phi) is 9.93. The molecule has 1 unspecified atom stereocenters. The number of aryl methyl sites for hydroxylation is 4. The summed E-state index contributed by atoms with van der Waals surface area (Å²) >= 11 is 0. The van der Waals surface area contributed by atoms with Crippen LogP contribution < -0.4 is 9.97 Å². The molecule has 0 fully saturated rings. The molecule has 3 aromatic rings. The van der Waals surface area contributed by atoms with E-state index in [-0.39, 0.29) is 16.5 Å². The Bertz CT molecular complexity index is 1950. The molecule has 6 heterocycles. The van der Waals surface area contributed by atoms with Crippen molar-refractivity contribution in [1.29, 1.82) is 0 Å². The van der Waals surface area contributed by atoms with Gasteiger partial charge in [-0.2, -0.15) is 0 Å². The quantitative estimate of drug-likeness (QED) is 0.237. The summed E-state index contributed by atoms with van der Waals surface area (Å²) in [4.78, 5) is 27.8. The van der Waals surface area contributed by atoms with Gasteiger partial charge in [0.15, 0.2) is 0 Å². The second-order valence-electron chi connectivity index (χ2n) is 11.9. The van der Waals surface area contributed by atoms with Gasteiger partial charge < -0.3 is 14.8 Å². The molecule has 0 amide bonds. The molecule has 0 radical (unpaired) electrons. The maximum atomic E-state index is 6.45. The van der Waals surface area contributed by atoms with Crippen molar-refractivity contribution in [3.05, 3.63) is 80.9 Å². The van der Waals surface area contributed by atoms with Gasteiger partial charge in [-0.15, -0.1) is 22.1 Å². The summed E-state index contributed by atoms with van der Waals surface area (Å²) in [6.07, 6.45) is 14.0. The van der Waals surface area contributed by atoms with Crippen molar-refractivity contribution < 1.29 is 21.3 Å². The van der Waals surface area contributed by atoms with Crippen molar-refractivity contribution >= 4 is 51.1 Å². The summed E-state index contributed by atoms with van der Waals surface area (Å²) in [5.41, 5.74) is 16.6. The summed E-state index contributed by atoms with van der Waals surface area (Å²) in [5, 5.41) is 4.40. The Labute approximate surface area is 283 Å². The third-order valence-corrected chi connectivity index (χ3v) is 9.82. The summed E-state index contributed by atoms with van der Waals surface area (Å²) < 4.78 is 0. The molecule has 3 aliphatic heterocycles. The summed E-state index contributed by atoms with van der Waals surface area (Å²) in [5.74, 6) is 0.